The van der Waals surface area contributed by atoms with E-state index < -0.39 is 35.8 Å². The Morgan fingerprint density at radius 1 is 1.32 bits per heavy atom. The molecule has 0 unspecified atom stereocenters. The summed E-state index contributed by atoms with van der Waals surface area (Å²) in [4.78, 5) is 16.8. The van der Waals surface area contributed by atoms with Gasteiger partial charge in [0, 0.05) is 18.7 Å². The monoisotopic (exact) mass is 443 g/mol. The largest absolute Gasteiger partial charge is 0.480 e. The molecule has 0 bridgehead atoms. The Morgan fingerprint density at radius 3 is 2.68 bits per heavy atom. The third kappa shape index (κ3) is 5.84. The number of hydrogen-bond acceptors (Lipinski definition) is 7. The molecule has 1 saturated heterocycles. The Morgan fingerprint density at radius 2 is 2.06 bits per heavy atom. The number of pyridine rings is 1. The molecule has 1 aliphatic rings. The molecular formula is C19H24F3N5O4. The second-order valence-electron chi connectivity index (χ2n) is 7.94. The van der Waals surface area contributed by atoms with E-state index in [4.69, 9.17) is 4.74 Å². The number of carboxylic acid groups (broad SMARTS) is 1. The highest BCUT2D eigenvalue weighted by Gasteiger charge is 2.31. The number of nitrogens with zero attached hydrogens (tertiary/aromatic N) is 4. The van der Waals surface area contributed by atoms with Gasteiger partial charge in [-0.05, 0) is 33.6 Å². The number of aromatic carboxylic acids is 1. The van der Waals surface area contributed by atoms with Crippen LogP contribution in [0.1, 0.15) is 55.7 Å². The van der Waals surface area contributed by atoms with Crippen LogP contribution in [0, 0.1) is 0 Å². The highest BCUT2D eigenvalue weighted by atomic mass is 19.4. The number of piperidine rings is 1. The highest BCUT2D eigenvalue weighted by molar-refractivity contribution is 5.90. The summed E-state index contributed by atoms with van der Waals surface area (Å²) in [6, 6.07) is 1.63. The van der Waals surface area contributed by atoms with E-state index in [2.05, 4.69) is 32.2 Å². The Labute approximate surface area is 176 Å². The molecule has 2 atom stereocenters. The van der Waals surface area contributed by atoms with Gasteiger partial charge in [0.05, 0.1) is 18.4 Å². The van der Waals surface area contributed by atoms with Crippen LogP contribution in [0.3, 0.4) is 0 Å². The maximum Gasteiger partial charge on any atom is 0.422 e. The molecule has 0 aromatic carbocycles. The lowest BCUT2D eigenvalue weighted by atomic mass is 10.0. The molecule has 0 amide bonds. The van der Waals surface area contributed by atoms with Crippen LogP contribution in [0.5, 0.6) is 11.6 Å². The van der Waals surface area contributed by atoms with Gasteiger partial charge in [-0.3, -0.25) is 0 Å². The van der Waals surface area contributed by atoms with Gasteiger partial charge in [0.25, 0.3) is 0 Å². The van der Waals surface area contributed by atoms with Crippen molar-refractivity contribution in [3.8, 4) is 11.6 Å². The van der Waals surface area contributed by atoms with E-state index in [1.807, 2.05) is 0 Å². The fourth-order valence-corrected chi connectivity index (χ4v) is 3.16. The van der Waals surface area contributed by atoms with Gasteiger partial charge < -0.3 is 19.9 Å². The third-order valence-electron chi connectivity index (χ3n) is 4.89. The lowest BCUT2D eigenvalue weighted by Crippen LogP contribution is -2.38. The number of aromatic nitrogens is 4. The number of nitrogens with one attached hydrogen (secondary N) is 1. The molecule has 3 heterocycles. The Hall–Kier alpha value is -2.89. The Balaban J connectivity index is 1.75. The van der Waals surface area contributed by atoms with Gasteiger partial charge in [-0.2, -0.15) is 28.2 Å². The summed E-state index contributed by atoms with van der Waals surface area (Å²) < 4.78 is 47.5. The predicted octanol–water partition coefficient (Wildman–Crippen LogP) is 2.94. The fraction of sp³-hybridized carbons (Fsp3) is 0.579. The zero-order chi connectivity index (χ0) is 22.8. The molecule has 2 aromatic rings. The molecular weight excluding hydrogens is 419 g/mol. The first-order valence-electron chi connectivity index (χ1n) is 9.72. The fourth-order valence-electron chi connectivity index (χ4n) is 3.16. The summed E-state index contributed by atoms with van der Waals surface area (Å²) in [5.41, 5.74) is -1.02. The van der Waals surface area contributed by atoms with E-state index in [-0.39, 0.29) is 11.8 Å². The minimum Gasteiger partial charge on any atom is -0.480 e. The summed E-state index contributed by atoms with van der Waals surface area (Å²) in [6.07, 6.45) is 0.0101. The van der Waals surface area contributed by atoms with E-state index >= 15 is 0 Å². The standard InChI is InChI=1S/C19H24F3N5O4/c1-11-4-5-12(7-23-11)27-25-9-15(26-27)18(2,3)31-13-6-14(17(28)29)16(24-8-13)30-10-19(20,21)22/h6,8-9,11-12,23H,4-5,7,10H2,1-3H3,(H,28,29)/t11-,12-/m1/s1. The van der Waals surface area contributed by atoms with Crippen molar-refractivity contribution in [2.45, 2.75) is 57.5 Å². The zero-order valence-corrected chi connectivity index (χ0v) is 17.3. The van der Waals surface area contributed by atoms with Crippen molar-refractivity contribution < 1.29 is 32.5 Å². The van der Waals surface area contributed by atoms with Crippen molar-refractivity contribution in [1.29, 1.82) is 0 Å². The van der Waals surface area contributed by atoms with E-state index in [0.29, 0.717) is 11.7 Å². The highest BCUT2D eigenvalue weighted by Crippen LogP contribution is 2.30. The first-order chi connectivity index (χ1) is 14.4. The van der Waals surface area contributed by atoms with Crippen LogP contribution in [-0.4, -0.2) is 56.4 Å². The molecule has 0 radical (unpaired) electrons. The topological polar surface area (TPSA) is 111 Å². The van der Waals surface area contributed by atoms with Crippen molar-refractivity contribution in [3.05, 3.63) is 29.7 Å². The molecule has 1 aliphatic heterocycles. The molecule has 0 spiro atoms. The summed E-state index contributed by atoms with van der Waals surface area (Å²) >= 11 is 0. The van der Waals surface area contributed by atoms with Crippen LogP contribution in [-0.2, 0) is 5.60 Å². The van der Waals surface area contributed by atoms with Crippen LogP contribution >= 0.6 is 0 Å². The van der Waals surface area contributed by atoms with Gasteiger partial charge in [-0.25, -0.2) is 9.78 Å². The van der Waals surface area contributed by atoms with Crippen LogP contribution in [0.15, 0.2) is 18.5 Å². The van der Waals surface area contributed by atoms with Gasteiger partial charge in [-0.15, -0.1) is 0 Å². The molecule has 31 heavy (non-hydrogen) atoms. The van der Waals surface area contributed by atoms with Gasteiger partial charge in [-0.1, -0.05) is 0 Å². The van der Waals surface area contributed by atoms with Gasteiger partial charge in [0.2, 0.25) is 5.88 Å². The molecule has 9 nitrogen and oxygen atoms in total. The molecule has 2 N–H and O–H groups in total. The maximum absolute atomic E-state index is 12.4. The summed E-state index contributed by atoms with van der Waals surface area (Å²) in [6.45, 7) is 4.66. The van der Waals surface area contributed by atoms with Gasteiger partial charge >= 0.3 is 12.1 Å². The first-order valence-corrected chi connectivity index (χ1v) is 9.72. The molecule has 2 aromatic heterocycles. The van der Waals surface area contributed by atoms with E-state index in [1.165, 1.54) is 0 Å². The number of alkyl halides is 3. The van der Waals surface area contributed by atoms with Crippen molar-refractivity contribution in [1.82, 2.24) is 25.3 Å². The molecule has 3 rings (SSSR count). The quantitative estimate of drug-likeness (QED) is 0.672. The van der Waals surface area contributed by atoms with Crippen LogP contribution in [0.2, 0.25) is 0 Å². The van der Waals surface area contributed by atoms with Crippen LogP contribution in [0.25, 0.3) is 0 Å². The Kier molecular flexibility index (Phi) is 6.39. The van der Waals surface area contributed by atoms with E-state index in [1.54, 1.807) is 24.8 Å². The second-order valence-corrected chi connectivity index (χ2v) is 7.94. The summed E-state index contributed by atoms with van der Waals surface area (Å²) in [5.74, 6) is -2.08. The maximum atomic E-state index is 12.4. The lowest BCUT2D eigenvalue weighted by molar-refractivity contribution is -0.154. The van der Waals surface area contributed by atoms with E-state index in [9.17, 15) is 23.1 Å². The van der Waals surface area contributed by atoms with Crippen LogP contribution in [0.4, 0.5) is 13.2 Å². The molecule has 0 aliphatic carbocycles. The van der Waals surface area contributed by atoms with Crippen molar-refractivity contribution in [2.75, 3.05) is 13.2 Å². The minimum atomic E-state index is -4.62. The molecule has 0 saturated carbocycles. The number of hydrogen-bond donors (Lipinski definition) is 2. The lowest BCUT2D eigenvalue weighted by Gasteiger charge is -2.27. The second kappa shape index (κ2) is 8.69. The van der Waals surface area contributed by atoms with Gasteiger partial charge in [0.15, 0.2) is 6.61 Å². The number of carbonyl (C=O) groups is 1. The van der Waals surface area contributed by atoms with E-state index in [0.717, 1.165) is 31.6 Å². The van der Waals surface area contributed by atoms with Crippen molar-refractivity contribution in [2.24, 2.45) is 0 Å². The molecule has 12 heteroatoms. The van der Waals surface area contributed by atoms with Gasteiger partial charge in [0.1, 0.15) is 22.6 Å². The number of carboxylic acids is 1. The Bertz CT molecular complexity index is 924. The number of rotatable bonds is 7. The number of halogens is 3. The SMILES string of the molecule is C[C@@H]1CC[C@@H](n2ncc(C(C)(C)Oc3cnc(OCC(F)(F)F)c(C(=O)O)c3)n2)CN1. The van der Waals surface area contributed by atoms with Crippen LogP contribution < -0.4 is 14.8 Å². The summed E-state index contributed by atoms with van der Waals surface area (Å²) in [7, 11) is 0. The normalized spacial score (nSPS) is 19.8. The smallest absolute Gasteiger partial charge is 0.422 e. The van der Waals surface area contributed by atoms with Crippen molar-refractivity contribution >= 4 is 5.97 Å². The minimum absolute atomic E-state index is 0.0458. The molecule has 170 valence electrons. The first kappa shape index (κ1) is 22.8. The third-order valence-corrected chi connectivity index (χ3v) is 4.89. The molecule has 1 fully saturated rings. The predicted molar refractivity (Wildman–Crippen MR) is 102 cm³/mol. The average molecular weight is 443 g/mol. The zero-order valence-electron chi connectivity index (χ0n) is 17.3. The average Bonchev–Trinajstić information content (AvgIpc) is 3.17. The summed E-state index contributed by atoms with van der Waals surface area (Å²) in [5, 5.41) is 21.5. The van der Waals surface area contributed by atoms with Crippen molar-refractivity contribution in [3.63, 3.8) is 0 Å². The number of ether oxygens (including phenoxy) is 2.